The van der Waals surface area contributed by atoms with E-state index in [0.29, 0.717) is 6.04 Å². The van der Waals surface area contributed by atoms with Gasteiger partial charge < -0.3 is 15.0 Å². The smallest absolute Gasteiger partial charge is 0.409 e. The number of nitrogens with one attached hydrogen (secondary N) is 1. The molecule has 4 nitrogen and oxygen atoms in total. The minimum Gasteiger partial charge on any atom is -0.453 e. The molecular weight excluding hydrogens is 192 g/mol. The van der Waals surface area contributed by atoms with Gasteiger partial charge in [-0.25, -0.2) is 4.79 Å². The van der Waals surface area contributed by atoms with Crippen LogP contribution in [0.2, 0.25) is 0 Å². The largest absolute Gasteiger partial charge is 0.453 e. The molecule has 0 aromatic rings. The molecule has 4 heteroatoms. The Labute approximate surface area is 91.0 Å². The van der Waals surface area contributed by atoms with Crippen LogP contribution in [0.5, 0.6) is 0 Å². The van der Waals surface area contributed by atoms with Gasteiger partial charge in [0.2, 0.25) is 0 Å². The summed E-state index contributed by atoms with van der Waals surface area (Å²) in [4.78, 5) is 13.2. The van der Waals surface area contributed by atoms with Crippen molar-refractivity contribution in [3.8, 4) is 0 Å². The lowest BCUT2D eigenvalue weighted by Gasteiger charge is -2.30. The molecule has 1 N–H and O–H groups in total. The number of methoxy groups -OCH3 is 1. The molecule has 2 saturated heterocycles. The summed E-state index contributed by atoms with van der Waals surface area (Å²) in [5.74, 6) is 0.758. The molecule has 2 heterocycles. The van der Waals surface area contributed by atoms with Crippen LogP contribution in [0, 0.1) is 5.92 Å². The van der Waals surface area contributed by atoms with Crippen LogP contribution in [0.4, 0.5) is 4.79 Å². The van der Waals surface area contributed by atoms with Crippen LogP contribution in [-0.4, -0.2) is 43.8 Å². The lowest BCUT2D eigenvalue weighted by molar-refractivity contribution is 0.124. The Morgan fingerprint density at radius 1 is 1.33 bits per heavy atom. The number of rotatable bonds is 0. The Hall–Kier alpha value is -0.770. The van der Waals surface area contributed by atoms with Gasteiger partial charge in [-0.15, -0.1) is 0 Å². The predicted molar refractivity (Wildman–Crippen MR) is 57.7 cm³/mol. The minimum atomic E-state index is -0.173. The van der Waals surface area contributed by atoms with E-state index in [0.717, 1.165) is 38.4 Å². The highest BCUT2D eigenvalue weighted by molar-refractivity contribution is 5.67. The summed E-state index contributed by atoms with van der Waals surface area (Å²) in [5, 5.41) is 3.56. The maximum absolute atomic E-state index is 11.4. The Morgan fingerprint density at radius 3 is 2.93 bits per heavy atom. The predicted octanol–water partition coefficient (Wildman–Crippen LogP) is 1.22. The third-order valence-electron chi connectivity index (χ3n) is 3.64. The number of hydrogen-bond acceptors (Lipinski definition) is 3. The minimum absolute atomic E-state index is 0.173. The Morgan fingerprint density at radius 2 is 2.13 bits per heavy atom. The van der Waals surface area contributed by atoms with Gasteiger partial charge in [0.05, 0.1) is 7.11 Å². The number of hydrogen-bond donors (Lipinski definition) is 1. The van der Waals surface area contributed by atoms with Crippen molar-refractivity contribution in [2.24, 2.45) is 5.92 Å². The molecule has 0 aromatic heterocycles. The standard InChI is InChI=1S/C11H20N2O2/c1-15-11(14)13-7-4-9-3-2-6-12-10(9)5-8-13/h9-10,12H,2-8H2,1H3. The molecule has 0 aromatic carbocycles. The molecule has 2 fully saturated rings. The van der Waals surface area contributed by atoms with Crippen LogP contribution in [0.3, 0.4) is 0 Å². The van der Waals surface area contributed by atoms with Crippen molar-refractivity contribution < 1.29 is 9.53 Å². The van der Waals surface area contributed by atoms with E-state index in [-0.39, 0.29) is 6.09 Å². The SMILES string of the molecule is COC(=O)N1CCC2CCCNC2CC1. The van der Waals surface area contributed by atoms with Crippen molar-refractivity contribution in [2.45, 2.75) is 31.7 Å². The molecule has 0 radical (unpaired) electrons. The van der Waals surface area contributed by atoms with Gasteiger partial charge in [-0.3, -0.25) is 0 Å². The monoisotopic (exact) mass is 212 g/mol. The van der Waals surface area contributed by atoms with Crippen molar-refractivity contribution in [1.29, 1.82) is 0 Å². The zero-order valence-corrected chi connectivity index (χ0v) is 9.37. The molecule has 0 saturated carbocycles. The van der Waals surface area contributed by atoms with E-state index < -0.39 is 0 Å². The summed E-state index contributed by atoms with van der Waals surface area (Å²) >= 11 is 0. The highest BCUT2D eigenvalue weighted by Gasteiger charge is 2.29. The van der Waals surface area contributed by atoms with Gasteiger partial charge in [0.1, 0.15) is 0 Å². The summed E-state index contributed by atoms with van der Waals surface area (Å²) in [6.07, 6.45) is 4.60. The van der Waals surface area contributed by atoms with E-state index in [1.54, 1.807) is 0 Å². The van der Waals surface area contributed by atoms with Gasteiger partial charge in [-0.05, 0) is 38.1 Å². The zero-order valence-electron chi connectivity index (χ0n) is 9.37. The third kappa shape index (κ3) is 2.43. The molecule has 15 heavy (non-hydrogen) atoms. The molecule has 0 aliphatic carbocycles. The van der Waals surface area contributed by atoms with E-state index >= 15 is 0 Å². The van der Waals surface area contributed by atoms with E-state index in [9.17, 15) is 4.79 Å². The van der Waals surface area contributed by atoms with E-state index in [2.05, 4.69) is 5.32 Å². The number of piperidine rings is 1. The molecule has 1 amide bonds. The quantitative estimate of drug-likeness (QED) is 0.656. The van der Waals surface area contributed by atoms with Crippen molar-refractivity contribution in [1.82, 2.24) is 10.2 Å². The van der Waals surface area contributed by atoms with Crippen LogP contribution in [0.15, 0.2) is 0 Å². The van der Waals surface area contributed by atoms with E-state index in [1.807, 2.05) is 4.90 Å². The maximum atomic E-state index is 11.4. The summed E-state index contributed by atoms with van der Waals surface area (Å²) < 4.78 is 4.77. The first-order valence-electron chi connectivity index (χ1n) is 5.87. The fraction of sp³-hybridized carbons (Fsp3) is 0.909. The zero-order chi connectivity index (χ0) is 10.7. The van der Waals surface area contributed by atoms with Crippen molar-refractivity contribution in [3.05, 3.63) is 0 Å². The number of fused-ring (bicyclic) bond motifs is 1. The van der Waals surface area contributed by atoms with E-state index in [4.69, 9.17) is 4.74 Å². The van der Waals surface area contributed by atoms with Gasteiger partial charge in [0, 0.05) is 19.1 Å². The molecule has 2 atom stereocenters. The highest BCUT2D eigenvalue weighted by Crippen LogP contribution is 2.25. The van der Waals surface area contributed by atoms with Crippen LogP contribution < -0.4 is 5.32 Å². The molecule has 2 unspecified atom stereocenters. The van der Waals surface area contributed by atoms with Gasteiger partial charge in [0.15, 0.2) is 0 Å². The second-order valence-corrected chi connectivity index (χ2v) is 4.50. The number of likely N-dealkylation sites (tertiary alicyclic amines) is 1. The van der Waals surface area contributed by atoms with Crippen LogP contribution in [-0.2, 0) is 4.74 Å². The van der Waals surface area contributed by atoms with Gasteiger partial charge in [-0.2, -0.15) is 0 Å². The van der Waals surface area contributed by atoms with E-state index in [1.165, 1.54) is 20.0 Å². The Balaban J connectivity index is 1.93. The highest BCUT2D eigenvalue weighted by atomic mass is 16.5. The summed E-state index contributed by atoms with van der Waals surface area (Å²) in [6, 6.07) is 0.619. The maximum Gasteiger partial charge on any atom is 0.409 e. The first kappa shape index (κ1) is 10.7. The number of ether oxygens (including phenoxy) is 1. The third-order valence-corrected chi connectivity index (χ3v) is 3.64. The lowest BCUT2D eigenvalue weighted by Crippen LogP contribution is -2.41. The fourth-order valence-electron chi connectivity index (χ4n) is 2.74. The Bertz CT molecular complexity index is 217. The molecule has 0 bridgehead atoms. The molecule has 2 aliphatic heterocycles. The molecule has 2 rings (SSSR count). The second-order valence-electron chi connectivity index (χ2n) is 4.50. The molecular formula is C11H20N2O2. The fourth-order valence-corrected chi connectivity index (χ4v) is 2.74. The normalized spacial score (nSPS) is 31.7. The summed E-state index contributed by atoms with van der Waals surface area (Å²) in [7, 11) is 1.46. The molecule has 86 valence electrons. The number of nitrogens with zero attached hydrogens (tertiary/aromatic N) is 1. The van der Waals surface area contributed by atoms with Gasteiger partial charge in [0.25, 0.3) is 0 Å². The van der Waals surface area contributed by atoms with Gasteiger partial charge >= 0.3 is 6.09 Å². The first-order valence-corrected chi connectivity index (χ1v) is 5.87. The topological polar surface area (TPSA) is 41.6 Å². The van der Waals surface area contributed by atoms with Crippen LogP contribution in [0.25, 0.3) is 0 Å². The lowest BCUT2D eigenvalue weighted by atomic mass is 9.87. The number of amides is 1. The summed E-state index contributed by atoms with van der Waals surface area (Å²) in [5.41, 5.74) is 0. The second kappa shape index (κ2) is 4.84. The van der Waals surface area contributed by atoms with Crippen molar-refractivity contribution in [2.75, 3.05) is 26.7 Å². The van der Waals surface area contributed by atoms with Crippen molar-refractivity contribution in [3.63, 3.8) is 0 Å². The average molecular weight is 212 g/mol. The number of carbonyl (C=O) groups excluding carboxylic acids is 1. The number of carbonyl (C=O) groups is 1. The molecule has 0 spiro atoms. The Kier molecular flexibility index (Phi) is 3.46. The first-order chi connectivity index (χ1) is 7.31. The van der Waals surface area contributed by atoms with Crippen LogP contribution in [0.1, 0.15) is 25.7 Å². The van der Waals surface area contributed by atoms with Crippen LogP contribution >= 0.6 is 0 Å². The van der Waals surface area contributed by atoms with Gasteiger partial charge in [-0.1, -0.05) is 0 Å². The summed E-state index contributed by atoms with van der Waals surface area (Å²) in [6.45, 7) is 2.83. The average Bonchev–Trinajstić information content (AvgIpc) is 2.50. The molecule has 2 aliphatic rings. The van der Waals surface area contributed by atoms with Crippen molar-refractivity contribution >= 4 is 6.09 Å².